The second kappa shape index (κ2) is 8.68. The molecule has 2 aromatic carbocycles. The second-order valence-corrected chi connectivity index (χ2v) is 7.56. The molecule has 0 saturated heterocycles. The molecule has 0 saturated carbocycles. The first kappa shape index (κ1) is 20.7. The third kappa shape index (κ3) is 4.48. The fraction of sp³-hybridized carbons (Fsp3) is 0. The van der Waals surface area contributed by atoms with Crippen molar-refractivity contribution < 1.29 is 18.0 Å². The van der Waals surface area contributed by atoms with Gasteiger partial charge < -0.3 is 14.3 Å². The molecule has 156 valence electrons. The molecule has 2 heterocycles. The van der Waals surface area contributed by atoms with Gasteiger partial charge in [-0.1, -0.05) is 29.8 Å². The number of rotatable bonds is 5. The Morgan fingerprint density at radius 1 is 1.10 bits per heavy atom. The smallest absolute Gasteiger partial charge is 0.336 e. The predicted molar refractivity (Wildman–Crippen MR) is 117 cm³/mol. The first-order chi connectivity index (χ1) is 14.9. The first-order valence-corrected chi connectivity index (χ1v) is 10.3. The Balaban J connectivity index is 1.67. The lowest BCUT2D eigenvalue weighted by Gasteiger charge is -2.25. The summed E-state index contributed by atoms with van der Waals surface area (Å²) in [6.07, 6.45) is 1.36. The number of carbonyl (C=O) groups excluding carboxylic acids is 1. The van der Waals surface area contributed by atoms with Crippen LogP contribution in [0.1, 0.15) is 10.4 Å². The number of anilines is 3. The zero-order valence-electron chi connectivity index (χ0n) is 15.7. The number of fused-ring (bicyclic) bond motifs is 1. The number of hydrogen-bond donors (Lipinski definition) is 1. The molecule has 8 nitrogen and oxygen atoms in total. The van der Waals surface area contributed by atoms with E-state index in [9.17, 15) is 18.4 Å². The summed E-state index contributed by atoms with van der Waals surface area (Å²) < 4.78 is 29.8. The molecule has 0 aliphatic rings. The number of nitrogens with one attached hydrogen (secondary N) is 1. The Morgan fingerprint density at radius 2 is 1.90 bits per heavy atom. The van der Waals surface area contributed by atoms with E-state index in [1.54, 1.807) is 36.4 Å². The summed E-state index contributed by atoms with van der Waals surface area (Å²) in [6.45, 7) is 0. The molecule has 1 unspecified atom stereocenters. The lowest BCUT2D eigenvalue weighted by Crippen LogP contribution is -2.21. The molecular weight excluding hydrogens is 442 g/mol. The Bertz CT molecular complexity index is 1370. The minimum Gasteiger partial charge on any atom is -0.755 e. The highest BCUT2D eigenvalue weighted by molar-refractivity contribution is 7.81. The van der Waals surface area contributed by atoms with Crippen LogP contribution in [0.5, 0.6) is 0 Å². The minimum atomic E-state index is -2.69. The lowest BCUT2D eigenvalue weighted by molar-refractivity contribution is 0.102. The Morgan fingerprint density at radius 3 is 2.68 bits per heavy atom. The third-order valence-corrected chi connectivity index (χ3v) is 5.23. The number of amides is 1. The molecule has 0 bridgehead atoms. The number of benzene rings is 2. The van der Waals surface area contributed by atoms with E-state index in [4.69, 9.17) is 16.0 Å². The van der Waals surface area contributed by atoms with Crippen LogP contribution in [0.2, 0.25) is 5.02 Å². The van der Waals surface area contributed by atoms with Crippen molar-refractivity contribution in [3.63, 3.8) is 0 Å². The van der Waals surface area contributed by atoms with E-state index in [0.29, 0.717) is 16.1 Å². The number of hydrogen-bond acceptors (Lipinski definition) is 6. The van der Waals surface area contributed by atoms with Gasteiger partial charge in [-0.3, -0.25) is 13.3 Å². The van der Waals surface area contributed by atoms with Crippen LogP contribution in [0.15, 0.2) is 82.1 Å². The Kier molecular flexibility index (Phi) is 5.81. The van der Waals surface area contributed by atoms with E-state index in [1.165, 1.54) is 36.5 Å². The largest absolute Gasteiger partial charge is 0.755 e. The minimum absolute atomic E-state index is 0.0536. The molecule has 4 aromatic rings. The number of aromatic nitrogens is 1. The zero-order valence-corrected chi connectivity index (χ0v) is 17.2. The summed E-state index contributed by atoms with van der Waals surface area (Å²) in [7, 11) is 0. The van der Waals surface area contributed by atoms with Gasteiger partial charge in [-0.2, -0.15) is 0 Å². The average Bonchev–Trinajstić information content (AvgIpc) is 2.73. The van der Waals surface area contributed by atoms with Gasteiger partial charge in [-0.05, 0) is 36.4 Å². The molecule has 0 radical (unpaired) electrons. The molecular formula is C21H13ClN3O5S-. The monoisotopic (exact) mass is 454 g/mol. The maximum Gasteiger partial charge on any atom is 0.336 e. The molecule has 2 aromatic heterocycles. The fourth-order valence-corrected chi connectivity index (χ4v) is 3.70. The SMILES string of the molecule is O=C(Nc1ccnc(N(c2cccc(Cl)c2)S(=O)[O-])c1)c1cccc2ccc(=O)oc12. The molecule has 0 spiro atoms. The summed E-state index contributed by atoms with van der Waals surface area (Å²) in [5.74, 6) is -0.479. The van der Waals surface area contributed by atoms with Gasteiger partial charge in [0.05, 0.1) is 22.5 Å². The van der Waals surface area contributed by atoms with Gasteiger partial charge in [0.25, 0.3) is 5.91 Å². The van der Waals surface area contributed by atoms with Crippen LogP contribution in [0.3, 0.4) is 0 Å². The molecule has 10 heteroatoms. The van der Waals surface area contributed by atoms with Crippen LogP contribution in [0.4, 0.5) is 17.2 Å². The van der Waals surface area contributed by atoms with Gasteiger partial charge >= 0.3 is 5.63 Å². The zero-order chi connectivity index (χ0) is 22.0. The van der Waals surface area contributed by atoms with Crippen molar-refractivity contribution in [2.45, 2.75) is 0 Å². The van der Waals surface area contributed by atoms with Crippen LogP contribution < -0.4 is 15.2 Å². The van der Waals surface area contributed by atoms with E-state index in [1.807, 2.05) is 0 Å². The molecule has 4 rings (SSSR count). The van der Waals surface area contributed by atoms with Gasteiger partial charge in [0.15, 0.2) is 5.58 Å². The second-order valence-electron chi connectivity index (χ2n) is 6.33. The standard InChI is InChI=1S/C21H14ClN3O5S/c22-14-4-2-5-16(11-14)25(31(28)29)18-12-15(9-10-23-18)24-21(27)17-6-1-3-13-7-8-19(26)30-20(13)17/h1-12H,(H,28,29)(H,23,24,27)/p-1. The number of pyridine rings is 1. The maximum atomic E-state index is 12.8. The van der Waals surface area contributed by atoms with Gasteiger partial charge in [0.2, 0.25) is 0 Å². The predicted octanol–water partition coefficient (Wildman–Crippen LogP) is 4.03. The molecule has 0 fully saturated rings. The van der Waals surface area contributed by atoms with Crippen LogP contribution in [0.25, 0.3) is 11.0 Å². The number of para-hydroxylation sites is 1. The van der Waals surface area contributed by atoms with Crippen LogP contribution >= 0.6 is 11.6 Å². The van der Waals surface area contributed by atoms with Crippen molar-refractivity contribution in [2.24, 2.45) is 0 Å². The van der Waals surface area contributed by atoms with Crippen molar-refractivity contribution in [3.05, 3.63) is 93.9 Å². The summed E-state index contributed by atoms with van der Waals surface area (Å²) in [6, 6.07) is 16.9. The molecule has 31 heavy (non-hydrogen) atoms. The average molecular weight is 455 g/mol. The summed E-state index contributed by atoms with van der Waals surface area (Å²) in [5, 5.41) is 3.62. The quantitative estimate of drug-likeness (QED) is 0.359. The van der Waals surface area contributed by atoms with E-state index >= 15 is 0 Å². The molecule has 0 aliphatic carbocycles. The maximum absolute atomic E-state index is 12.8. The number of halogens is 1. The van der Waals surface area contributed by atoms with Gasteiger partial charge in [-0.15, -0.1) is 0 Å². The molecule has 1 atom stereocenters. The molecule has 1 N–H and O–H groups in total. The molecule has 0 aliphatic heterocycles. The van der Waals surface area contributed by atoms with E-state index in [0.717, 1.165) is 4.31 Å². The molecule has 1 amide bonds. The highest BCUT2D eigenvalue weighted by Gasteiger charge is 2.16. The van der Waals surface area contributed by atoms with Gasteiger partial charge in [0, 0.05) is 34.4 Å². The van der Waals surface area contributed by atoms with Crippen LogP contribution in [0, 0.1) is 0 Å². The van der Waals surface area contributed by atoms with Crippen molar-refractivity contribution in [3.8, 4) is 0 Å². The highest BCUT2D eigenvalue weighted by Crippen LogP contribution is 2.29. The van der Waals surface area contributed by atoms with Crippen LogP contribution in [-0.2, 0) is 11.3 Å². The summed E-state index contributed by atoms with van der Waals surface area (Å²) in [5.41, 5.74) is 0.320. The van der Waals surface area contributed by atoms with Crippen molar-refractivity contribution in [2.75, 3.05) is 9.62 Å². The van der Waals surface area contributed by atoms with E-state index in [-0.39, 0.29) is 22.7 Å². The Labute approximate surface area is 183 Å². The van der Waals surface area contributed by atoms with Crippen LogP contribution in [-0.4, -0.2) is 19.7 Å². The lowest BCUT2D eigenvalue weighted by atomic mass is 10.1. The van der Waals surface area contributed by atoms with Crippen molar-refractivity contribution in [1.29, 1.82) is 0 Å². The number of carbonyl (C=O) groups is 1. The van der Waals surface area contributed by atoms with E-state index < -0.39 is 22.8 Å². The normalized spacial score (nSPS) is 11.8. The summed E-state index contributed by atoms with van der Waals surface area (Å²) in [4.78, 5) is 28.5. The van der Waals surface area contributed by atoms with Gasteiger partial charge in [0.1, 0.15) is 5.82 Å². The van der Waals surface area contributed by atoms with Crippen molar-refractivity contribution in [1.82, 2.24) is 4.98 Å². The fourth-order valence-electron chi connectivity index (χ4n) is 2.97. The first-order valence-electron chi connectivity index (χ1n) is 8.88. The van der Waals surface area contributed by atoms with Gasteiger partial charge in [-0.25, -0.2) is 9.78 Å². The topological polar surface area (TPSA) is 116 Å². The summed E-state index contributed by atoms with van der Waals surface area (Å²) >= 11 is 3.28. The van der Waals surface area contributed by atoms with Crippen molar-refractivity contribution >= 4 is 56.9 Å². The van der Waals surface area contributed by atoms with E-state index in [2.05, 4.69) is 10.3 Å². The number of nitrogens with zero attached hydrogens (tertiary/aromatic N) is 2. The Hall–Kier alpha value is -3.53. The highest BCUT2D eigenvalue weighted by atomic mass is 35.5. The third-order valence-electron chi connectivity index (χ3n) is 4.29.